The summed E-state index contributed by atoms with van der Waals surface area (Å²) in [4.78, 5) is 18.0. The van der Waals surface area contributed by atoms with E-state index < -0.39 is 0 Å². The van der Waals surface area contributed by atoms with Crippen LogP contribution in [0.4, 0.5) is 11.4 Å². The molecule has 1 aliphatic heterocycles. The van der Waals surface area contributed by atoms with E-state index in [4.69, 9.17) is 10.5 Å². The molecule has 0 bridgehead atoms. The van der Waals surface area contributed by atoms with Gasteiger partial charge in [-0.25, -0.2) is 0 Å². The first kappa shape index (κ1) is 14.5. The Morgan fingerprint density at radius 1 is 1.45 bits per heavy atom. The third-order valence-electron chi connectivity index (χ3n) is 3.03. The lowest BCUT2D eigenvalue weighted by Crippen LogP contribution is -2.41. The van der Waals surface area contributed by atoms with Crippen molar-refractivity contribution in [1.82, 2.24) is 10.2 Å². The number of morpholine rings is 1. The van der Waals surface area contributed by atoms with Crippen LogP contribution in [0.3, 0.4) is 0 Å². The number of amides is 1. The van der Waals surface area contributed by atoms with E-state index in [-0.39, 0.29) is 5.91 Å². The largest absolute Gasteiger partial charge is 0.399 e. The molecule has 0 atom stereocenters. The van der Waals surface area contributed by atoms with Gasteiger partial charge >= 0.3 is 0 Å². The third kappa shape index (κ3) is 4.99. The number of ether oxygens (including phenoxy) is 1. The lowest BCUT2D eigenvalue weighted by molar-refractivity contribution is -0.114. The van der Waals surface area contributed by atoms with Gasteiger partial charge in [-0.1, -0.05) is 6.07 Å². The predicted octanol–water partition coefficient (Wildman–Crippen LogP) is 0.419. The van der Waals surface area contributed by atoms with Crippen molar-refractivity contribution in [2.24, 2.45) is 4.99 Å². The molecule has 108 valence electrons. The highest BCUT2D eigenvalue weighted by molar-refractivity contribution is 6.26. The fourth-order valence-electron chi connectivity index (χ4n) is 1.95. The second kappa shape index (κ2) is 7.62. The second-order valence-electron chi connectivity index (χ2n) is 4.60. The van der Waals surface area contributed by atoms with Crippen molar-refractivity contribution < 1.29 is 9.53 Å². The zero-order valence-electron chi connectivity index (χ0n) is 11.4. The number of anilines is 1. The van der Waals surface area contributed by atoms with Crippen LogP contribution in [0.5, 0.6) is 0 Å². The summed E-state index contributed by atoms with van der Waals surface area (Å²) in [6.07, 6.45) is 1.29. The number of hydrogen-bond donors (Lipinski definition) is 2. The Labute approximate surface area is 118 Å². The van der Waals surface area contributed by atoms with Gasteiger partial charge in [0.05, 0.1) is 25.1 Å². The van der Waals surface area contributed by atoms with E-state index in [1.165, 1.54) is 6.21 Å². The van der Waals surface area contributed by atoms with Crippen LogP contribution in [0.15, 0.2) is 29.3 Å². The molecule has 2 rings (SSSR count). The maximum absolute atomic E-state index is 11.6. The Bertz CT molecular complexity index is 470. The molecule has 0 radical (unpaired) electrons. The SMILES string of the molecule is Nc1cccc(/N=C/C(=O)NCCN2CCOCC2)c1. The number of carbonyl (C=O) groups is 1. The molecule has 0 spiro atoms. The summed E-state index contributed by atoms with van der Waals surface area (Å²) in [6.45, 7) is 4.83. The maximum atomic E-state index is 11.6. The van der Waals surface area contributed by atoms with Crippen molar-refractivity contribution in [2.75, 3.05) is 45.1 Å². The van der Waals surface area contributed by atoms with Crippen molar-refractivity contribution in [1.29, 1.82) is 0 Å². The number of nitrogen functional groups attached to an aromatic ring is 1. The minimum absolute atomic E-state index is 0.194. The fourth-order valence-corrected chi connectivity index (χ4v) is 1.95. The van der Waals surface area contributed by atoms with Crippen LogP contribution in [0.1, 0.15) is 0 Å². The van der Waals surface area contributed by atoms with Crippen molar-refractivity contribution in [2.45, 2.75) is 0 Å². The number of nitrogens with zero attached hydrogens (tertiary/aromatic N) is 2. The molecule has 1 aromatic carbocycles. The summed E-state index contributed by atoms with van der Waals surface area (Å²) in [7, 11) is 0. The summed E-state index contributed by atoms with van der Waals surface area (Å²) in [5, 5.41) is 2.81. The highest BCUT2D eigenvalue weighted by Gasteiger charge is 2.09. The quantitative estimate of drug-likeness (QED) is 0.603. The van der Waals surface area contributed by atoms with Crippen molar-refractivity contribution in [3.63, 3.8) is 0 Å². The summed E-state index contributed by atoms with van der Waals surface area (Å²) in [5.74, 6) is -0.194. The number of aliphatic imine (C=N–C) groups is 1. The molecule has 0 saturated carbocycles. The standard InChI is InChI=1S/C14H20N4O2/c15-12-2-1-3-13(10-12)17-11-14(19)16-4-5-18-6-8-20-9-7-18/h1-3,10-11H,4-9,15H2,(H,16,19)/b17-11+. The second-order valence-corrected chi connectivity index (χ2v) is 4.60. The summed E-state index contributed by atoms with van der Waals surface area (Å²) in [6, 6.07) is 7.10. The molecule has 3 N–H and O–H groups in total. The predicted molar refractivity (Wildman–Crippen MR) is 79.3 cm³/mol. The zero-order valence-corrected chi connectivity index (χ0v) is 11.4. The minimum Gasteiger partial charge on any atom is -0.399 e. The monoisotopic (exact) mass is 276 g/mol. The van der Waals surface area contributed by atoms with Crippen LogP contribution < -0.4 is 11.1 Å². The van der Waals surface area contributed by atoms with Crippen molar-refractivity contribution in [3.8, 4) is 0 Å². The number of carbonyl (C=O) groups excluding carboxylic acids is 1. The molecule has 0 aliphatic carbocycles. The molecule has 0 aromatic heterocycles. The zero-order chi connectivity index (χ0) is 14.2. The highest BCUT2D eigenvalue weighted by atomic mass is 16.5. The number of rotatable bonds is 5. The van der Waals surface area contributed by atoms with Gasteiger partial charge in [-0.15, -0.1) is 0 Å². The minimum atomic E-state index is -0.194. The highest BCUT2D eigenvalue weighted by Crippen LogP contribution is 2.14. The lowest BCUT2D eigenvalue weighted by Gasteiger charge is -2.26. The van der Waals surface area contributed by atoms with E-state index in [0.29, 0.717) is 17.9 Å². The molecular weight excluding hydrogens is 256 g/mol. The van der Waals surface area contributed by atoms with Gasteiger partial charge in [0.15, 0.2) is 0 Å². The van der Waals surface area contributed by atoms with Gasteiger partial charge in [0.1, 0.15) is 0 Å². The van der Waals surface area contributed by atoms with E-state index in [2.05, 4.69) is 15.2 Å². The van der Waals surface area contributed by atoms with Gasteiger partial charge in [-0.2, -0.15) is 0 Å². The smallest absolute Gasteiger partial charge is 0.262 e. The molecule has 20 heavy (non-hydrogen) atoms. The summed E-state index contributed by atoms with van der Waals surface area (Å²) < 4.78 is 5.26. The van der Waals surface area contributed by atoms with Crippen LogP contribution in [0.25, 0.3) is 0 Å². The maximum Gasteiger partial charge on any atom is 0.262 e. The Kier molecular flexibility index (Phi) is 5.52. The Morgan fingerprint density at radius 2 is 2.25 bits per heavy atom. The first-order chi connectivity index (χ1) is 9.74. The molecule has 1 saturated heterocycles. The van der Waals surface area contributed by atoms with Crippen LogP contribution >= 0.6 is 0 Å². The van der Waals surface area contributed by atoms with Crippen molar-refractivity contribution >= 4 is 23.5 Å². The molecule has 1 fully saturated rings. The number of nitrogens with two attached hydrogens (primary N) is 1. The van der Waals surface area contributed by atoms with Gasteiger partial charge in [-0.05, 0) is 18.2 Å². The Morgan fingerprint density at radius 3 is 3.00 bits per heavy atom. The first-order valence-corrected chi connectivity index (χ1v) is 6.71. The summed E-state index contributed by atoms with van der Waals surface area (Å²) >= 11 is 0. The van der Waals surface area contributed by atoms with E-state index in [1.54, 1.807) is 24.3 Å². The molecular formula is C14H20N4O2. The van der Waals surface area contributed by atoms with Crippen LogP contribution in [-0.2, 0) is 9.53 Å². The van der Waals surface area contributed by atoms with Gasteiger partial charge in [0.25, 0.3) is 5.91 Å². The Balaban J connectivity index is 1.69. The number of hydrogen-bond acceptors (Lipinski definition) is 5. The topological polar surface area (TPSA) is 79.9 Å². The molecule has 0 unspecified atom stereocenters. The van der Waals surface area contributed by atoms with E-state index in [0.717, 1.165) is 32.8 Å². The average molecular weight is 276 g/mol. The number of benzene rings is 1. The lowest BCUT2D eigenvalue weighted by atomic mass is 10.3. The molecule has 1 aliphatic rings. The van der Waals surface area contributed by atoms with Gasteiger partial charge in [0, 0.05) is 31.9 Å². The van der Waals surface area contributed by atoms with Crippen LogP contribution in [-0.4, -0.2) is 56.4 Å². The van der Waals surface area contributed by atoms with Crippen LogP contribution in [0, 0.1) is 0 Å². The first-order valence-electron chi connectivity index (χ1n) is 6.71. The molecule has 1 heterocycles. The Hall–Kier alpha value is -1.92. The third-order valence-corrected chi connectivity index (χ3v) is 3.03. The average Bonchev–Trinajstić information content (AvgIpc) is 2.46. The van der Waals surface area contributed by atoms with Crippen LogP contribution in [0.2, 0.25) is 0 Å². The molecule has 6 heteroatoms. The molecule has 1 aromatic rings. The molecule has 1 amide bonds. The fraction of sp³-hybridized carbons (Fsp3) is 0.429. The van der Waals surface area contributed by atoms with Gasteiger partial charge in [0.2, 0.25) is 0 Å². The summed E-state index contributed by atoms with van der Waals surface area (Å²) in [5.41, 5.74) is 6.94. The van der Waals surface area contributed by atoms with Crippen molar-refractivity contribution in [3.05, 3.63) is 24.3 Å². The van der Waals surface area contributed by atoms with E-state index in [1.807, 2.05) is 0 Å². The molecule has 6 nitrogen and oxygen atoms in total. The van der Waals surface area contributed by atoms with E-state index >= 15 is 0 Å². The van der Waals surface area contributed by atoms with E-state index in [9.17, 15) is 4.79 Å². The van der Waals surface area contributed by atoms with Gasteiger partial charge in [-0.3, -0.25) is 14.7 Å². The number of nitrogens with one attached hydrogen (secondary N) is 1. The van der Waals surface area contributed by atoms with Gasteiger partial charge < -0.3 is 15.8 Å². The normalized spacial score (nSPS) is 16.4.